The lowest BCUT2D eigenvalue weighted by Crippen LogP contribution is -2.57. The molecule has 172 valence electrons. The molecule has 0 radical (unpaired) electrons. The Morgan fingerprint density at radius 2 is 1.83 bits per heavy atom. The average molecular weight is 445 g/mol. The summed E-state index contributed by atoms with van der Waals surface area (Å²) in [6.45, 7) is 7.86. The van der Waals surface area contributed by atoms with Crippen molar-refractivity contribution in [1.29, 1.82) is 0 Å². The largest absolute Gasteiger partial charge is 0.480 e. The van der Waals surface area contributed by atoms with Gasteiger partial charge in [-0.05, 0) is 31.1 Å². The normalized spacial score (nSPS) is 20.4. The van der Waals surface area contributed by atoms with Crippen molar-refractivity contribution in [2.24, 2.45) is 17.6 Å². The van der Waals surface area contributed by atoms with Gasteiger partial charge in [0.05, 0.1) is 6.04 Å². The number of carbonyl (C=O) groups is 4. The minimum absolute atomic E-state index is 0.0639. The molecule has 1 fully saturated rings. The summed E-state index contributed by atoms with van der Waals surface area (Å²) >= 11 is 4.18. The van der Waals surface area contributed by atoms with Gasteiger partial charge in [0.25, 0.3) is 0 Å². The van der Waals surface area contributed by atoms with Gasteiger partial charge in [-0.25, -0.2) is 4.79 Å². The molecule has 5 atom stereocenters. The van der Waals surface area contributed by atoms with Gasteiger partial charge in [-0.2, -0.15) is 12.6 Å². The molecular weight excluding hydrogens is 408 g/mol. The molecule has 1 rings (SSSR count). The van der Waals surface area contributed by atoms with Crippen LogP contribution in [0.1, 0.15) is 53.4 Å². The predicted molar refractivity (Wildman–Crippen MR) is 117 cm³/mol. The van der Waals surface area contributed by atoms with E-state index < -0.39 is 47.9 Å². The van der Waals surface area contributed by atoms with Gasteiger partial charge in [-0.15, -0.1) is 0 Å². The molecular formula is C20H36N4O5S. The number of carboxylic acids is 1. The molecule has 0 bridgehead atoms. The van der Waals surface area contributed by atoms with Crippen LogP contribution in [-0.2, 0) is 19.2 Å². The van der Waals surface area contributed by atoms with E-state index in [1.165, 1.54) is 4.90 Å². The lowest BCUT2D eigenvalue weighted by atomic mass is 9.98. The lowest BCUT2D eigenvalue weighted by Gasteiger charge is -2.30. The fourth-order valence-corrected chi connectivity index (χ4v) is 3.76. The first kappa shape index (κ1) is 26.2. The minimum atomic E-state index is -1.10. The highest BCUT2D eigenvalue weighted by Crippen LogP contribution is 2.20. The first-order valence-electron chi connectivity index (χ1n) is 10.5. The number of hydrogen-bond acceptors (Lipinski definition) is 6. The van der Waals surface area contributed by atoms with Crippen molar-refractivity contribution in [2.45, 2.75) is 77.5 Å². The number of hydrogen-bond donors (Lipinski definition) is 5. The van der Waals surface area contributed by atoms with Gasteiger partial charge in [-0.3, -0.25) is 14.4 Å². The third kappa shape index (κ3) is 7.16. The van der Waals surface area contributed by atoms with Crippen LogP contribution in [0.5, 0.6) is 0 Å². The van der Waals surface area contributed by atoms with Crippen LogP contribution in [0, 0.1) is 11.8 Å². The molecule has 5 unspecified atom stereocenters. The van der Waals surface area contributed by atoms with Crippen LogP contribution in [0.4, 0.5) is 0 Å². The molecule has 0 aliphatic carbocycles. The van der Waals surface area contributed by atoms with Crippen LogP contribution < -0.4 is 16.4 Å². The third-order valence-electron chi connectivity index (χ3n) is 5.47. The van der Waals surface area contributed by atoms with Crippen LogP contribution in [0.25, 0.3) is 0 Å². The predicted octanol–water partition coefficient (Wildman–Crippen LogP) is 0.381. The molecule has 3 amide bonds. The van der Waals surface area contributed by atoms with Gasteiger partial charge in [0.2, 0.25) is 17.7 Å². The second-order valence-corrected chi connectivity index (χ2v) is 8.74. The van der Waals surface area contributed by atoms with E-state index >= 15 is 0 Å². The number of likely N-dealkylation sites (tertiary alicyclic amines) is 1. The second kappa shape index (κ2) is 12.1. The van der Waals surface area contributed by atoms with Gasteiger partial charge >= 0.3 is 5.97 Å². The summed E-state index contributed by atoms with van der Waals surface area (Å²) in [6, 6.07) is -3.43. The Morgan fingerprint density at radius 3 is 2.33 bits per heavy atom. The number of rotatable bonds is 11. The fraction of sp³-hybridized carbons (Fsp3) is 0.800. The molecule has 0 aromatic heterocycles. The van der Waals surface area contributed by atoms with Crippen LogP contribution in [0.15, 0.2) is 0 Å². The summed E-state index contributed by atoms with van der Waals surface area (Å²) in [5, 5.41) is 14.6. The van der Waals surface area contributed by atoms with Crippen LogP contribution in [-0.4, -0.2) is 70.2 Å². The van der Waals surface area contributed by atoms with E-state index in [1.807, 2.05) is 20.8 Å². The Balaban J connectivity index is 2.85. The Labute approximate surface area is 183 Å². The number of amides is 3. The number of carboxylic acid groups (broad SMARTS) is 1. The van der Waals surface area contributed by atoms with Gasteiger partial charge in [0, 0.05) is 12.3 Å². The highest BCUT2D eigenvalue weighted by Gasteiger charge is 2.39. The zero-order chi connectivity index (χ0) is 23.0. The van der Waals surface area contributed by atoms with Crippen molar-refractivity contribution in [3.8, 4) is 0 Å². The van der Waals surface area contributed by atoms with E-state index in [2.05, 4.69) is 23.3 Å². The Hall–Kier alpha value is -1.81. The molecule has 1 saturated heterocycles. The molecule has 10 heteroatoms. The second-order valence-electron chi connectivity index (χ2n) is 8.38. The maximum absolute atomic E-state index is 13.0. The van der Waals surface area contributed by atoms with E-state index in [0.717, 1.165) is 0 Å². The monoisotopic (exact) mass is 444 g/mol. The standard InChI is InChI=1S/C20H36N4O5S/c1-5-12(4)16(20(28)29)23-18(26)15-7-6-8-24(15)19(27)14(10-30)22-17(25)13(21)9-11(2)3/h11-16,30H,5-10,21H2,1-4H3,(H,22,25)(H,23,26)(H,28,29). The van der Waals surface area contributed by atoms with Gasteiger partial charge < -0.3 is 26.4 Å². The molecule has 0 saturated carbocycles. The number of nitrogens with two attached hydrogens (primary N) is 1. The van der Waals surface area contributed by atoms with Crippen molar-refractivity contribution in [3.63, 3.8) is 0 Å². The molecule has 0 aromatic carbocycles. The molecule has 9 nitrogen and oxygen atoms in total. The molecule has 1 heterocycles. The summed E-state index contributed by atoms with van der Waals surface area (Å²) < 4.78 is 0. The quantitative estimate of drug-likeness (QED) is 0.292. The van der Waals surface area contributed by atoms with Crippen molar-refractivity contribution in [2.75, 3.05) is 12.3 Å². The van der Waals surface area contributed by atoms with Gasteiger partial charge in [-0.1, -0.05) is 34.1 Å². The Kier molecular flexibility index (Phi) is 10.6. The zero-order valence-electron chi connectivity index (χ0n) is 18.3. The molecule has 5 N–H and O–H groups in total. The van der Waals surface area contributed by atoms with Crippen molar-refractivity contribution in [3.05, 3.63) is 0 Å². The Morgan fingerprint density at radius 1 is 1.20 bits per heavy atom. The molecule has 1 aliphatic rings. The van der Waals surface area contributed by atoms with E-state index in [1.54, 1.807) is 6.92 Å². The van der Waals surface area contributed by atoms with Gasteiger partial charge in [0.1, 0.15) is 18.1 Å². The number of nitrogens with zero attached hydrogens (tertiary/aromatic N) is 1. The van der Waals surface area contributed by atoms with E-state index in [4.69, 9.17) is 5.73 Å². The fourth-order valence-electron chi connectivity index (χ4n) is 3.51. The SMILES string of the molecule is CCC(C)C(NC(=O)C1CCCN1C(=O)C(CS)NC(=O)C(N)CC(C)C)C(=O)O. The van der Waals surface area contributed by atoms with Gasteiger partial charge in [0.15, 0.2) is 0 Å². The summed E-state index contributed by atoms with van der Waals surface area (Å²) in [6.07, 6.45) is 2.13. The third-order valence-corrected chi connectivity index (χ3v) is 5.84. The summed E-state index contributed by atoms with van der Waals surface area (Å²) in [4.78, 5) is 51.0. The summed E-state index contributed by atoms with van der Waals surface area (Å²) in [5.41, 5.74) is 5.89. The summed E-state index contributed by atoms with van der Waals surface area (Å²) in [5.74, 6) is -2.39. The average Bonchev–Trinajstić information content (AvgIpc) is 3.17. The zero-order valence-corrected chi connectivity index (χ0v) is 19.2. The highest BCUT2D eigenvalue weighted by molar-refractivity contribution is 7.80. The smallest absolute Gasteiger partial charge is 0.326 e. The minimum Gasteiger partial charge on any atom is -0.480 e. The van der Waals surface area contributed by atoms with Crippen LogP contribution in [0.3, 0.4) is 0 Å². The van der Waals surface area contributed by atoms with Crippen molar-refractivity contribution < 1.29 is 24.3 Å². The van der Waals surface area contributed by atoms with E-state index in [-0.39, 0.29) is 17.6 Å². The lowest BCUT2D eigenvalue weighted by molar-refractivity contribution is -0.145. The maximum atomic E-state index is 13.0. The molecule has 30 heavy (non-hydrogen) atoms. The maximum Gasteiger partial charge on any atom is 0.326 e. The molecule has 0 spiro atoms. The first-order valence-corrected chi connectivity index (χ1v) is 11.2. The Bertz CT molecular complexity index is 630. The number of carbonyl (C=O) groups excluding carboxylic acids is 3. The topological polar surface area (TPSA) is 142 Å². The number of nitrogens with one attached hydrogen (secondary N) is 2. The van der Waals surface area contributed by atoms with Crippen molar-refractivity contribution in [1.82, 2.24) is 15.5 Å². The molecule has 1 aliphatic heterocycles. The van der Waals surface area contributed by atoms with E-state index in [0.29, 0.717) is 32.2 Å². The van der Waals surface area contributed by atoms with Crippen LogP contribution in [0.2, 0.25) is 0 Å². The number of aliphatic carboxylic acids is 1. The first-order chi connectivity index (χ1) is 14.0. The number of thiol groups is 1. The highest BCUT2D eigenvalue weighted by atomic mass is 32.1. The van der Waals surface area contributed by atoms with Crippen molar-refractivity contribution >= 4 is 36.3 Å². The van der Waals surface area contributed by atoms with Crippen LogP contribution >= 0.6 is 12.6 Å². The van der Waals surface area contributed by atoms with E-state index in [9.17, 15) is 24.3 Å². The molecule has 0 aromatic rings. The summed E-state index contributed by atoms with van der Waals surface area (Å²) in [7, 11) is 0.